The average molecular weight is 203 g/mol. The third-order valence-electron chi connectivity index (χ3n) is 2.53. The Balaban J connectivity index is 2.13. The molecule has 0 saturated carbocycles. The van der Waals surface area contributed by atoms with Crippen LogP contribution < -0.4 is 0 Å². The quantitative estimate of drug-likeness (QED) is 0.802. The second-order valence-corrected chi connectivity index (χ2v) is 3.62. The number of H-pyrrole nitrogens is 1. The Bertz CT molecular complexity index is 473. The van der Waals surface area contributed by atoms with Crippen LogP contribution >= 0.6 is 0 Å². The summed E-state index contributed by atoms with van der Waals surface area (Å²) >= 11 is 0. The smallest absolute Gasteiger partial charge is 0.303 e. The fourth-order valence-corrected chi connectivity index (χ4v) is 1.80. The van der Waals surface area contributed by atoms with E-state index in [2.05, 4.69) is 11.1 Å². The van der Waals surface area contributed by atoms with Crippen LogP contribution in [0.1, 0.15) is 18.4 Å². The van der Waals surface area contributed by atoms with Crippen LogP contribution in [0.4, 0.5) is 0 Å². The van der Waals surface area contributed by atoms with Gasteiger partial charge < -0.3 is 10.1 Å². The number of fused-ring (bicyclic) bond motifs is 1. The zero-order chi connectivity index (χ0) is 10.7. The second-order valence-electron chi connectivity index (χ2n) is 3.62. The van der Waals surface area contributed by atoms with Gasteiger partial charge in [-0.05, 0) is 23.8 Å². The summed E-state index contributed by atoms with van der Waals surface area (Å²) in [5, 5.41) is 10.9. The molecule has 0 aliphatic carbocycles. The lowest BCUT2D eigenvalue weighted by Gasteiger charge is -2.01. The van der Waals surface area contributed by atoms with Crippen molar-refractivity contribution in [3.05, 3.63) is 36.2 Å². The van der Waals surface area contributed by atoms with E-state index in [9.17, 15) is 4.79 Å². The SMILES string of the molecule is O=C(O)CCCc1cccc2c[nH]cc12. The lowest BCUT2D eigenvalue weighted by atomic mass is 10.0. The maximum absolute atomic E-state index is 10.4. The molecular formula is C12H13NO2. The minimum atomic E-state index is -0.726. The molecule has 3 heteroatoms. The fraction of sp³-hybridized carbons (Fsp3) is 0.250. The highest BCUT2D eigenvalue weighted by atomic mass is 16.4. The van der Waals surface area contributed by atoms with Gasteiger partial charge in [0.25, 0.3) is 0 Å². The van der Waals surface area contributed by atoms with Crippen LogP contribution in [-0.4, -0.2) is 16.1 Å². The van der Waals surface area contributed by atoms with E-state index in [-0.39, 0.29) is 6.42 Å². The van der Waals surface area contributed by atoms with Crippen molar-refractivity contribution in [2.75, 3.05) is 0 Å². The van der Waals surface area contributed by atoms with Crippen molar-refractivity contribution in [3.63, 3.8) is 0 Å². The Kier molecular flexibility index (Phi) is 2.72. The summed E-state index contributed by atoms with van der Waals surface area (Å²) in [5.74, 6) is -0.726. The molecule has 0 amide bonds. The third-order valence-corrected chi connectivity index (χ3v) is 2.53. The van der Waals surface area contributed by atoms with Crippen LogP contribution in [0, 0.1) is 0 Å². The predicted octanol–water partition coefficient (Wildman–Crippen LogP) is 2.58. The number of rotatable bonds is 4. The van der Waals surface area contributed by atoms with E-state index in [1.54, 1.807) is 0 Å². The molecule has 0 radical (unpaired) electrons. The summed E-state index contributed by atoms with van der Waals surface area (Å²) in [6.07, 6.45) is 5.67. The zero-order valence-electron chi connectivity index (χ0n) is 8.36. The molecule has 0 saturated heterocycles. The molecule has 0 atom stereocenters. The number of benzene rings is 1. The minimum absolute atomic E-state index is 0.237. The maximum atomic E-state index is 10.4. The Morgan fingerprint density at radius 1 is 1.33 bits per heavy atom. The first-order valence-corrected chi connectivity index (χ1v) is 5.03. The summed E-state index contributed by atoms with van der Waals surface area (Å²) in [6, 6.07) is 6.11. The molecule has 2 aromatic rings. The number of hydrogen-bond donors (Lipinski definition) is 2. The van der Waals surface area contributed by atoms with Gasteiger partial charge in [-0.15, -0.1) is 0 Å². The van der Waals surface area contributed by atoms with E-state index in [0.29, 0.717) is 6.42 Å². The third kappa shape index (κ3) is 2.18. The number of carboxylic acid groups (broad SMARTS) is 1. The number of nitrogens with one attached hydrogen (secondary N) is 1. The van der Waals surface area contributed by atoms with Crippen molar-refractivity contribution in [2.45, 2.75) is 19.3 Å². The molecule has 0 bridgehead atoms. The van der Waals surface area contributed by atoms with Crippen molar-refractivity contribution in [1.82, 2.24) is 4.98 Å². The molecule has 2 rings (SSSR count). The van der Waals surface area contributed by atoms with E-state index in [1.165, 1.54) is 16.3 Å². The predicted molar refractivity (Wildman–Crippen MR) is 58.9 cm³/mol. The maximum Gasteiger partial charge on any atom is 0.303 e. The Hall–Kier alpha value is -1.77. The minimum Gasteiger partial charge on any atom is -0.481 e. The highest BCUT2D eigenvalue weighted by molar-refractivity contribution is 5.85. The van der Waals surface area contributed by atoms with Crippen LogP contribution in [0.3, 0.4) is 0 Å². The first-order chi connectivity index (χ1) is 7.27. The Labute approximate surface area is 87.7 Å². The van der Waals surface area contributed by atoms with Gasteiger partial charge in [0.1, 0.15) is 0 Å². The largest absolute Gasteiger partial charge is 0.481 e. The van der Waals surface area contributed by atoms with Gasteiger partial charge in [0.15, 0.2) is 0 Å². The van der Waals surface area contributed by atoms with Crippen molar-refractivity contribution < 1.29 is 9.90 Å². The Morgan fingerprint density at radius 3 is 3.00 bits per heavy atom. The molecule has 2 N–H and O–H groups in total. The summed E-state index contributed by atoms with van der Waals surface area (Å²) < 4.78 is 0. The van der Waals surface area contributed by atoms with E-state index in [0.717, 1.165) is 6.42 Å². The molecule has 78 valence electrons. The van der Waals surface area contributed by atoms with E-state index < -0.39 is 5.97 Å². The van der Waals surface area contributed by atoms with Gasteiger partial charge in [-0.1, -0.05) is 18.2 Å². The number of carbonyl (C=O) groups is 1. The first kappa shape index (κ1) is 9.77. The molecule has 0 spiro atoms. The van der Waals surface area contributed by atoms with Gasteiger partial charge in [-0.2, -0.15) is 0 Å². The molecule has 1 aromatic carbocycles. The monoisotopic (exact) mass is 203 g/mol. The lowest BCUT2D eigenvalue weighted by molar-refractivity contribution is -0.137. The van der Waals surface area contributed by atoms with E-state index in [4.69, 9.17) is 5.11 Å². The highest BCUT2D eigenvalue weighted by Crippen LogP contribution is 2.19. The number of aromatic amines is 1. The number of aryl methyl sites for hydroxylation is 1. The van der Waals surface area contributed by atoms with Crippen molar-refractivity contribution in [2.24, 2.45) is 0 Å². The molecule has 0 aliphatic heterocycles. The van der Waals surface area contributed by atoms with E-state index >= 15 is 0 Å². The molecule has 0 unspecified atom stereocenters. The number of carboxylic acids is 1. The van der Waals surface area contributed by atoms with Crippen LogP contribution in [0.25, 0.3) is 10.8 Å². The van der Waals surface area contributed by atoms with Gasteiger partial charge in [-0.3, -0.25) is 4.79 Å². The standard InChI is InChI=1S/C12H13NO2/c14-12(15)6-2-4-9-3-1-5-10-7-13-8-11(9)10/h1,3,5,7-8,13H,2,4,6H2,(H,14,15). The van der Waals surface area contributed by atoms with Crippen LogP contribution in [-0.2, 0) is 11.2 Å². The van der Waals surface area contributed by atoms with Crippen molar-refractivity contribution in [1.29, 1.82) is 0 Å². The first-order valence-electron chi connectivity index (χ1n) is 5.03. The van der Waals surface area contributed by atoms with Crippen LogP contribution in [0.2, 0.25) is 0 Å². The normalized spacial score (nSPS) is 10.7. The molecular weight excluding hydrogens is 190 g/mol. The fourth-order valence-electron chi connectivity index (χ4n) is 1.80. The number of hydrogen-bond acceptors (Lipinski definition) is 1. The van der Waals surface area contributed by atoms with Gasteiger partial charge in [0, 0.05) is 24.2 Å². The number of aliphatic carboxylic acids is 1. The molecule has 0 fully saturated rings. The Morgan fingerprint density at radius 2 is 2.20 bits per heavy atom. The van der Waals surface area contributed by atoms with Gasteiger partial charge in [0.05, 0.1) is 0 Å². The van der Waals surface area contributed by atoms with Crippen LogP contribution in [0.5, 0.6) is 0 Å². The second kappa shape index (κ2) is 4.17. The zero-order valence-corrected chi connectivity index (χ0v) is 8.36. The summed E-state index contributed by atoms with van der Waals surface area (Å²) in [7, 11) is 0. The topological polar surface area (TPSA) is 53.1 Å². The highest BCUT2D eigenvalue weighted by Gasteiger charge is 2.02. The summed E-state index contributed by atoms with van der Waals surface area (Å²) in [5.41, 5.74) is 1.22. The summed E-state index contributed by atoms with van der Waals surface area (Å²) in [4.78, 5) is 13.5. The molecule has 1 aromatic heterocycles. The van der Waals surface area contributed by atoms with E-state index in [1.807, 2.05) is 24.5 Å². The number of aromatic nitrogens is 1. The van der Waals surface area contributed by atoms with Crippen LogP contribution in [0.15, 0.2) is 30.6 Å². The van der Waals surface area contributed by atoms with Gasteiger partial charge in [-0.25, -0.2) is 0 Å². The summed E-state index contributed by atoms with van der Waals surface area (Å²) in [6.45, 7) is 0. The molecule has 0 aliphatic rings. The average Bonchev–Trinajstić information content (AvgIpc) is 2.65. The van der Waals surface area contributed by atoms with Crippen molar-refractivity contribution in [3.8, 4) is 0 Å². The molecule has 3 nitrogen and oxygen atoms in total. The lowest BCUT2D eigenvalue weighted by Crippen LogP contribution is -1.95. The van der Waals surface area contributed by atoms with Crippen molar-refractivity contribution >= 4 is 16.7 Å². The van der Waals surface area contributed by atoms with Gasteiger partial charge in [0.2, 0.25) is 0 Å². The molecule has 15 heavy (non-hydrogen) atoms. The molecule has 1 heterocycles. The van der Waals surface area contributed by atoms with Gasteiger partial charge >= 0.3 is 5.97 Å².